The number of hydrogen-bond donors (Lipinski definition) is 1. The van der Waals surface area contributed by atoms with Gasteiger partial charge < -0.3 is 10.1 Å². The number of pyridine rings is 2. The van der Waals surface area contributed by atoms with Crippen LogP contribution in [0.25, 0.3) is 21.8 Å². The van der Waals surface area contributed by atoms with Gasteiger partial charge >= 0.3 is 6.09 Å². The van der Waals surface area contributed by atoms with E-state index >= 15 is 0 Å². The molecule has 2 unspecified atom stereocenters. The Labute approximate surface area is 459 Å². The molecule has 6 aromatic carbocycles. The van der Waals surface area contributed by atoms with Crippen LogP contribution in [0.5, 0.6) is 0 Å². The van der Waals surface area contributed by atoms with E-state index in [2.05, 4.69) is 60.5 Å². The van der Waals surface area contributed by atoms with Crippen molar-refractivity contribution >= 4 is 120 Å². The number of imide groups is 3. The van der Waals surface area contributed by atoms with Crippen LogP contribution < -0.4 is 10.2 Å². The van der Waals surface area contributed by atoms with Gasteiger partial charge in [-0.05, 0) is 150 Å². The smallest absolute Gasteiger partial charge is 0.421 e. The van der Waals surface area contributed by atoms with Gasteiger partial charge in [0.1, 0.15) is 17.7 Å². The summed E-state index contributed by atoms with van der Waals surface area (Å²) in [7, 11) is 0. The zero-order valence-electron chi connectivity index (χ0n) is 41.2. The molecule has 0 aliphatic carbocycles. The second-order valence-electron chi connectivity index (χ2n) is 19.0. The van der Waals surface area contributed by atoms with Gasteiger partial charge in [-0.25, -0.2) is 9.69 Å². The summed E-state index contributed by atoms with van der Waals surface area (Å²) in [5.74, 6) is -4.46. The monoisotopic (exact) mass is 1220 g/mol. The van der Waals surface area contributed by atoms with Gasteiger partial charge in [0.25, 0.3) is 29.5 Å². The number of anilines is 2. The van der Waals surface area contributed by atoms with Gasteiger partial charge in [-0.15, -0.1) is 0 Å². The zero-order valence-corrected chi connectivity index (χ0v) is 45.5. The average Bonchev–Trinajstić information content (AvgIpc) is 3.79. The molecule has 75 heavy (non-hydrogen) atoms. The molecule has 8 aromatic rings. The van der Waals surface area contributed by atoms with Crippen molar-refractivity contribution in [1.29, 1.82) is 0 Å². The van der Waals surface area contributed by atoms with Gasteiger partial charge in [0.05, 0.1) is 44.7 Å². The molecule has 0 saturated carbocycles. The Bertz CT molecular complexity index is 3540. The van der Waals surface area contributed by atoms with Crippen molar-refractivity contribution in [1.82, 2.24) is 19.8 Å². The lowest BCUT2D eigenvalue weighted by molar-refractivity contribution is -0.123. The molecule has 4 atom stereocenters. The van der Waals surface area contributed by atoms with Crippen molar-refractivity contribution in [3.63, 3.8) is 0 Å². The summed E-state index contributed by atoms with van der Waals surface area (Å²) in [4.78, 5) is 108. The minimum Gasteiger partial charge on any atom is -0.443 e. The molecule has 2 aliphatic rings. The minimum atomic E-state index is -1.37. The third kappa shape index (κ3) is 10.5. The first-order valence-electron chi connectivity index (χ1n) is 23.9. The van der Waals surface area contributed by atoms with Gasteiger partial charge in [0, 0.05) is 42.1 Å². The van der Waals surface area contributed by atoms with Gasteiger partial charge in [-0.1, -0.05) is 98.8 Å². The van der Waals surface area contributed by atoms with Crippen LogP contribution in [-0.2, 0) is 14.3 Å². The van der Waals surface area contributed by atoms with E-state index in [1.165, 1.54) is 0 Å². The maximum atomic E-state index is 14.8. The van der Waals surface area contributed by atoms with E-state index in [4.69, 9.17) is 4.74 Å². The molecule has 16 heteroatoms. The highest BCUT2D eigenvalue weighted by molar-refractivity contribution is 14.1. The van der Waals surface area contributed by atoms with E-state index in [9.17, 15) is 33.6 Å². The first kappa shape index (κ1) is 52.2. The summed E-state index contributed by atoms with van der Waals surface area (Å²) in [6.45, 7) is 8.73. The summed E-state index contributed by atoms with van der Waals surface area (Å²) in [6, 6.07) is 43.9. The maximum absolute atomic E-state index is 14.8. The second-order valence-corrected chi connectivity index (χ2v) is 21.5. The van der Waals surface area contributed by atoms with Crippen LogP contribution in [0.4, 0.5) is 16.2 Å². The summed E-state index contributed by atoms with van der Waals surface area (Å²) in [5.41, 5.74) is 3.46. The Kier molecular flexibility index (Phi) is 15.0. The van der Waals surface area contributed by atoms with Crippen LogP contribution >= 0.6 is 45.2 Å². The van der Waals surface area contributed by atoms with Gasteiger partial charge in [0.15, 0.2) is 0 Å². The molecule has 0 radical (unpaired) electrons. The molecule has 0 saturated heterocycles. The Hall–Kier alpha value is -7.71. The topological polar surface area (TPSA) is 176 Å². The van der Waals surface area contributed by atoms with Crippen LogP contribution in [0.2, 0.25) is 0 Å². The fourth-order valence-corrected chi connectivity index (χ4v) is 10.5. The molecule has 2 aromatic heterocycles. The van der Waals surface area contributed by atoms with Crippen molar-refractivity contribution in [3.8, 4) is 0 Å². The van der Waals surface area contributed by atoms with Gasteiger partial charge in [-0.3, -0.25) is 48.5 Å². The van der Waals surface area contributed by atoms with Crippen LogP contribution in [0.3, 0.4) is 0 Å². The van der Waals surface area contributed by atoms with E-state index < -0.39 is 71.1 Å². The Balaban J connectivity index is 0.000000187. The Morgan fingerprint density at radius 3 is 1.47 bits per heavy atom. The lowest BCUT2D eigenvalue weighted by atomic mass is 9.90. The quantitative estimate of drug-likeness (QED) is 0.102. The number of amides is 7. The Morgan fingerprint density at radius 1 is 0.547 bits per heavy atom. The van der Waals surface area contributed by atoms with E-state index in [0.29, 0.717) is 33.2 Å². The van der Waals surface area contributed by atoms with E-state index in [1.807, 2.05) is 91.9 Å². The van der Waals surface area contributed by atoms with Crippen molar-refractivity contribution in [2.75, 3.05) is 10.2 Å². The number of nitrogens with one attached hydrogen (secondary N) is 1. The number of aromatic nitrogens is 2. The molecular formula is C59H48I2N6O8. The summed E-state index contributed by atoms with van der Waals surface area (Å²) in [5, 5.41) is 4.53. The van der Waals surface area contributed by atoms with Crippen molar-refractivity contribution in [3.05, 3.63) is 211 Å². The fraction of sp³-hybridized carbons (Fsp3) is 0.169. The number of rotatable bonds is 10. The second kappa shape index (κ2) is 21.6. The zero-order chi connectivity index (χ0) is 53.3. The number of halogens is 2. The maximum Gasteiger partial charge on any atom is 0.421 e. The summed E-state index contributed by atoms with van der Waals surface area (Å²) >= 11 is 4.38. The predicted molar refractivity (Wildman–Crippen MR) is 302 cm³/mol. The van der Waals surface area contributed by atoms with Crippen molar-refractivity contribution in [2.24, 2.45) is 0 Å². The standard InChI is InChI=1S/C32H28IN3O5.C27H20IN3O3/c1-19(21-11-7-13-22(33)18-21)27(36-28(37)23-14-5-6-15-24(23)29(36)38)30(39)35(31(40)41-32(2,3)4)25-16-8-10-20-12-9-17-34-26(20)25;1-16(18-8-4-10-19(28)15-18)24(31-26(33)20-11-2-3-12-21(20)27(31)34)25(32)30-22-13-5-7-17-9-6-14-29-23(17)22/h5-19,27H,1-4H3;2-16,24H,1H3,(H,30,32)/t19?,27-;16?,24-/m00/s1. The molecule has 2 aliphatic heterocycles. The van der Waals surface area contributed by atoms with Crippen LogP contribution in [0, 0.1) is 7.14 Å². The molecule has 4 heterocycles. The number of fused-ring (bicyclic) bond motifs is 4. The highest BCUT2D eigenvalue weighted by atomic mass is 127. The number of para-hydroxylation sites is 2. The molecular weight excluding hydrogens is 1170 g/mol. The first-order chi connectivity index (χ1) is 35.9. The molecule has 10 rings (SSSR count). The normalized spacial score (nSPS) is 14.6. The number of nitrogens with zero attached hydrogens (tertiary/aromatic N) is 5. The third-order valence-electron chi connectivity index (χ3n) is 13.0. The number of carbonyl (C=O) groups is 7. The van der Waals surface area contributed by atoms with E-state index in [1.54, 1.807) is 113 Å². The van der Waals surface area contributed by atoms with Crippen LogP contribution in [0.1, 0.15) is 99.0 Å². The lowest BCUT2D eigenvalue weighted by Gasteiger charge is -2.35. The third-order valence-corrected chi connectivity index (χ3v) is 14.3. The van der Waals surface area contributed by atoms with Gasteiger partial charge in [0.2, 0.25) is 5.91 Å². The van der Waals surface area contributed by atoms with Crippen LogP contribution in [0.15, 0.2) is 170 Å². The highest BCUT2D eigenvalue weighted by Crippen LogP contribution is 2.37. The lowest BCUT2D eigenvalue weighted by Crippen LogP contribution is -2.55. The van der Waals surface area contributed by atoms with Crippen LogP contribution in [-0.4, -0.2) is 79.0 Å². The predicted octanol–water partition coefficient (Wildman–Crippen LogP) is 11.8. The van der Waals surface area contributed by atoms with E-state index in [0.717, 1.165) is 38.4 Å². The molecule has 14 nitrogen and oxygen atoms in total. The first-order valence-corrected chi connectivity index (χ1v) is 26.1. The van der Waals surface area contributed by atoms with Gasteiger partial charge in [-0.2, -0.15) is 0 Å². The van der Waals surface area contributed by atoms with Crippen molar-refractivity contribution < 1.29 is 38.3 Å². The van der Waals surface area contributed by atoms with E-state index in [-0.39, 0.29) is 16.8 Å². The largest absolute Gasteiger partial charge is 0.443 e. The molecule has 0 fully saturated rings. The number of ether oxygens (including phenoxy) is 1. The average molecular weight is 1220 g/mol. The molecule has 376 valence electrons. The SMILES string of the molecule is CC(c1cccc(I)c1)[C@@H](C(=O)N(C(=O)OC(C)(C)C)c1cccc2cccnc12)N1C(=O)c2ccccc2C1=O.CC(c1cccc(I)c1)[C@@H](C(=O)Nc1cccc2cccnc12)N1C(=O)c2ccccc2C1=O. The molecule has 1 N–H and O–H groups in total. The fourth-order valence-electron chi connectivity index (χ4n) is 9.41. The van der Waals surface area contributed by atoms with Crippen molar-refractivity contribution in [2.45, 2.75) is 64.1 Å². The molecule has 0 spiro atoms. The summed E-state index contributed by atoms with van der Waals surface area (Å²) in [6.07, 6.45) is 2.30. The summed E-state index contributed by atoms with van der Waals surface area (Å²) < 4.78 is 7.63. The number of carbonyl (C=O) groups excluding carboxylic acids is 7. The number of hydrogen-bond acceptors (Lipinski definition) is 10. The highest BCUT2D eigenvalue weighted by Gasteiger charge is 2.49. The number of benzene rings is 6. The minimum absolute atomic E-state index is 0.193. The molecule has 7 amide bonds. The Morgan fingerprint density at radius 2 is 0.973 bits per heavy atom. The molecule has 0 bridgehead atoms.